The summed E-state index contributed by atoms with van der Waals surface area (Å²) in [6, 6.07) is 2.17. The molecule has 1 aliphatic carbocycles. The van der Waals surface area contributed by atoms with Gasteiger partial charge in [-0.15, -0.1) is 0 Å². The number of likely N-dealkylation sites (N-methyl/N-ethyl adjacent to an activating group) is 1. The van der Waals surface area contributed by atoms with E-state index in [2.05, 4.69) is 30.0 Å². The Balaban J connectivity index is 2.12. The van der Waals surface area contributed by atoms with Crippen molar-refractivity contribution in [3.63, 3.8) is 0 Å². The molecule has 1 aromatic rings. The van der Waals surface area contributed by atoms with Crippen molar-refractivity contribution in [2.24, 2.45) is 18.7 Å². The van der Waals surface area contributed by atoms with Crippen molar-refractivity contribution >= 4 is 0 Å². The minimum absolute atomic E-state index is 0.176. The van der Waals surface area contributed by atoms with Gasteiger partial charge in [-0.2, -0.15) is 5.10 Å². The Kier molecular flexibility index (Phi) is 4.31. The molecular formula is C15H28N4. The molecule has 0 aromatic carbocycles. The Bertz CT molecular complexity index is 426. The molecule has 108 valence electrons. The van der Waals surface area contributed by atoms with E-state index in [1.54, 1.807) is 0 Å². The van der Waals surface area contributed by atoms with Crippen LogP contribution in [-0.2, 0) is 13.6 Å². The fourth-order valence-electron chi connectivity index (χ4n) is 3.54. The van der Waals surface area contributed by atoms with Crippen LogP contribution in [0.4, 0.5) is 0 Å². The number of nitrogens with two attached hydrogens (primary N) is 1. The Labute approximate surface area is 117 Å². The smallest absolute Gasteiger partial charge is 0.0597 e. The summed E-state index contributed by atoms with van der Waals surface area (Å²) in [7, 11) is 4.24. The Hall–Kier alpha value is -0.870. The lowest BCUT2D eigenvalue weighted by Crippen LogP contribution is -2.54. The average Bonchev–Trinajstić information content (AvgIpc) is 2.67. The zero-order valence-corrected chi connectivity index (χ0v) is 12.8. The summed E-state index contributed by atoms with van der Waals surface area (Å²) in [5.41, 5.74) is 8.67. The van der Waals surface area contributed by atoms with Gasteiger partial charge in [-0.05, 0) is 38.8 Å². The predicted molar refractivity (Wildman–Crippen MR) is 78.8 cm³/mol. The molecule has 2 N–H and O–H groups in total. The van der Waals surface area contributed by atoms with Crippen LogP contribution in [0.3, 0.4) is 0 Å². The van der Waals surface area contributed by atoms with Crippen LogP contribution in [-0.4, -0.2) is 33.8 Å². The topological polar surface area (TPSA) is 47.1 Å². The van der Waals surface area contributed by atoms with Crippen molar-refractivity contribution < 1.29 is 0 Å². The zero-order chi connectivity index (χ0) is 14.0. The Morgan fingerprint density at radius 3 is 2.84 bits per heavy atom. The summed E-state index contributed by atoms with van der Waals surface area (Å²) in [6.45, 7) is 6.09. The highest BCUT2D eigenvalue weighted by molar-refractivity contribution is 5.09. The van der Waals surface area contributed by atoms with E-state index in [1.165, 1.54) is 31.4 Å². The first kappa shape index (κ1) is 14.5. The van der Waals surface area contributed by atoms with Crippen LogP contribution in [0, 0.1) is 12.8 Å². The van der Waals surface area contributed by atoms with Crippen molar-refractivity contribution in [1.29, 1.82) is 0 Å². The van der Waals surface area contributed by atoms with Gasteiger partial charge in [0.15, 0.2) is 0 Å². The fraction of sp³-hybridized carbons (Fsp3) is 0.800. The number of hydrogen-bond donors (Lipinski definition) is 1. The maximum absolute atomic E-state index is 6.13. The van der Waals surface area contributed by atoms with E-state index in [9.17, 15) is 0 Å². The number of aromatic nitrogens is 2. The summed E-state index contributed by atoms with van der Waals surface area (Å²) in [5.74, 6) is 0.785. The first-order chi connectivity index (χ1) is 8.97. The van der Waals surface area contributed by atoms with E-state index in [0.717, 1.165) is 24.7 Å². The third-order valence-electron chi connectivity index (χ3n) is 4.76. The lowest BCUT2D eigenvalue weighted by atomic mass is 9.75. The van der Waals surface area contributed by atoms with E-state index in [-0.39, 0.29) is 5.54 Å². The monoisotopic (exact) mass is 264 g/mol. The Morgan fingerprint density at radius 1 is 1.58 bits per heavy atom. The van der Waals surface area contributed by atoms with Gasteiger partial charge >= 0.3 is 0 Å². The largest absolute Gasteiger partial charge is 0.329 e. The summed E-state index contributed by atoms with van der Waals surface area (Å²) in [5, 5.41) is 4.43. The van der Waals surface area contributed by atoms with E-state index in [4.69, 9.17) is 5.73 Å². The second kappa shape index (κ2) is 5.63. The number of rotatable bonds is 4. The van der Waals surface area contributed by atoms with Crippen molar-refractivity contribution in [2.75, 3.05) is 13.6 Å². The molecule has 4 nitrogen and oxygen atoms in total. The van der Waals surface area contributed by atoms with E-state index >= 15 is 0 Å². The minimum Gasteiger partial charge on any atom is -0.329 e. The van der Waals surface area contributed by atoms with Gasteiger partial charge in [-0.1, -0.05) is 19.8 Å². The molecule has 2 atom stereocenters. The van der Waals surface area contributed by atoms with Crippen LogP contribution in [0.15, 0.2) is 6.07 Å². The van der Waals surface area contributed by atoms with Gasteiger partial charge in [0.1, 0.15) is 0 Å². The van der Waals surface area contributed by atoms with Crippen molar-refractivity contribution in [1.82, 2.24) is 14.7 Å². The van der Waals surface area contributed by atoms with E-state index in [0.29, 0.717) is 0 Å². The lowest BCUT2D eigenvalue weighted by molar-refractivity contribution is 0.0536. The van der Waals surface area contributed by atoms with Gasteiger partial charge in [-0.3, -0.25) is 9.58 Å². The molecule has 0 aliphatic heterocycles. The molecule has 19 heavy (non-hydrogen) atoms. The summed E-state index contributed by atoms with van der Waals surface area (Å²) in [6.07, 6.45) is 5.09. The number of hydrogen-bond acceptors (Lipinski definition) is 3. The molecule has 0 bridgehead atoms. The zero-order valence-electron chi connectivity index (χ0n) is 12.8. The van der Waals surface area contributed by atoms with Crippen LogP contribution in [0.1, 0.15) is 44.0 Å². The first-order valence-electron chi connectivity index (χ1n) is 7.38. The normalized spacial score (nSPS) is 28.0. The van der Waals surface area contributed by atoms with Gasteiger partial charge in [0.25, 0.3) is 0 Å². The third kappa shape index (κ3) is 3.00. The Morgan fingerprint density at radius 2 is 2.32 bits per heavy atom. The molecule has 1 aromatic heterocycles. The summed E-state index contributed by atoms with van der Waals surface area (Å²) in [4.78, 5) is 2.46. The maximum atomic E-state index is 6.13. The molecule has 0 spiro atoms. The second-order valence-electron chi connectivity index (χ2n) is 6.39. The van der Waals surface area contributed by atoms with E-state index in [1.807, 2.05) is 18.7 Å². The SMILES string of the molecule is Cc1cc(CN(C)C2(CN)CCCC(C)C2)n(C)n1. The molecule has 0 radical (unpaired) electrons. The van der Waals surface area contributed by atoms with Crippen LogP contribution >= 0.6 is 0 Å². The quantitative estimate of drug-likeness (QED) is 0.905. The van der Waals surface area contributed by atoms with E-state index < -0.39 is 0 Å². The average molecular weight is 264 g/mol. The molecule has 2 unspecified atom stereocenters. The second-order valence-corrected chi connectivity index (χ2v) is 6.39. The standard InChI is InChI=1S/C15H28N4/c1-12-6-5-7-15(9-12,11-16)18(3)10-14-8-13(2)17-19(14)4/h8,12H,5-7,9-11,16H2,1-4H3. The van der Waals surface area contributed by atoms with Gasteiger partial charge in [0.05, 0.1) is 11.4 Å². The van der Waals surface area contributed by atoms with Crippen molar-refractivity contribution in [3.05, 3.63) is 17.5 Å². The molecule has 1 aliphatic rings. The number of nitrogens with zero attached hydrogens (tertiary/aromatic N) is 3. The molecular weight excluding hydrogens is 236 g/mol. The van der Waals surface area contributed by atoms with Crippen LogP contribution < -0.4 is 5.73 Å². The van der Waals surface area contributed by atoms with Crippen LogP contribution in [0.25, 0.3) is 0 Å². The molecule has 1 saturated carbocycles. The molecule has 1 heterocycles. The highest BCUT2D eigenvalue weighted by atomic mass is 15.3. The molecule has 4 heteroatoms. The molecule has 2 rings (SSSR count). The molecule has 0 saturated heterocycles. The summed E-state index contributed by atoms with van der Waals surface area (Å²) < 4.78 is 1.99. The first-order valence-corrected chi connectivity index (χ1v) is 7.38. The van der Waals surface area contributed by atoms with Crippen LogP contribution in [0.5, 0.6) is 0 Å². The highest BCUT2D eigenvalue weighted by Crippen LogP contribution is 2.36. The van der Waals surface area contributed by atoms with Crippen LogP contribution in [0.2, 0.25) is 0 Å². The number of aryl methyl sites for hydroxylation is 2. The predicted octanol–water partition coefficient (Wildman–Crippen LogP) is 2.07. The van der Waals surface area contributed by atoms with Gasteiger partial charge in [0.2, 0.25) is 0 Å². The van der Waals surface area contributed by atoms with Gasteiger partial charge < -0.3 is 5.73 Å². The third-order valence-corrected chi connectivity index (χ3v) is 4.76. The maximum Gasteiger partial charge on any atom is 0.0597 e. The molecule has 0 amide bonds. The highest BCUT2D eigenvalue weighted by Gasteiger charge is 2.37. The van der Waals surface area contributed by atoms with Gasteiger partial charge in [-0.25, -0.2) is 0 Å². The molecule has 1 fully saturated rings. The van der Waals surface area contributed by atoms with Crippen molar-refractivity contribution in [2.45, 2.75) is 51.6 Å². The van der Waals surface area contributed by atoms with Crippen molar-refractivity contribution in [3.8, 4) is 0 Å². The minimum atomic E-state index is 0.176. The lowest BCUT2D eigenvalue weighted by Gasteiger charge is -2.46. The fourth-order valence-corrected chi connectivity index (χ4v) is 3.54. The van der Waals surface area contributed by atoms with Gasteiger partial charge in [0, 0.05) is 25.7 Å². The summed E-state index contributed by atoms with van der Waals surface area (Å²) >= 11 is 0.